The van der Waals surface area contributed by atoms with Crippen LogP contribution in [0.3, 0.4) is 0 Å². The Morgan fingerprint density at radius 2 is 1.68 bits per heavy atom. The molecule has 1 heterocycles. The van der Waals surface area contributed by atoms with E-state index in [-0.39, 0.29) is 22.5 Å². The summed E-state index contributed by atoms with van der Waals surface area (Å²) in [4.78, 5) is 60.9. The van der Waals surface area contributed by atoms with Crippen LogP contribution in [-0.2, 0) is 19.1 Å². The number of anilines is 1. The van der Waals surface area contributed by atoms with Crippen LogP contribution in [0.4, 0.5) is 5.69 Å². The SMILES string of the molecule is CC(=O)N/C(=C\c1ccccc1)C(=O)OCC(=O)Nc1ccc2c(c1)C(=O)N(C)C2=O. The largest absolute Gasteiger partial charge is 0.451 e. The highest BCUT2D eigenvalue weighted by Gasteiger charge is 2.32. The fourth-order valence-electron chi connectivity index (χ4n) is 2.90. The standard InChI is InChI=1S/C22H19N3O6/c1-13(26)23-18(10-14-6-4-3-5-7-14)22(30)31-12-19(27)24-15-8-9-16-17(11-15)21(29)25(2)20(16)28/h3-11H,12H2,1-2H3,(H,23,26)(H,24,27)/b18-10-. The van der Waals surface area contributed by atoms with Gasteiger partial charge in [0.1, 0.15) is 5.70 Å². The fourth-order valence-corrected chi connectivity index (χ4v) is 2.90. The molecule has 0 aliphatic carbocycles. The zero-order valence-corrected chi connectivity index (χ0v) is 16.8. The molecule has 31 heavy (non-hydrogen) atoms. The first-order valence-electron chi connectivity index (χ1n) is 9.24. The van der Waals surface area contributed by atoms with Crippen LogP contribution in [0.5, 0.6) is 0 Å². The van der Waals surface area contributed by atoms with Crippen molar-refractivity contribution < 1.29 is 28.7 Å². The summed E-state index contributed by atoms with van der Waals surface area (Å²) in [6.45, 7) is 0.630. The van der Waals surface area contributed by atoms with Crippen LogP contribution < -0.4 is 10.6 Å². The second-order valence-electron chi connectivity index (χ2n) is 6.70. The number of ether oxygens (including phenoxy) is 1. The minimum absolute atomic E-state index is 0.115. The van der Waals surface area contributed by atoms with Crippen molar-refractivity contribution in [3.05, 3.63) is 70.9 Å². The van der Waals surface area contributed by atoms with Gasteiger partial charge in [0.2, 0.25) is 5.91 Å². The molecule has 0 atom stereocenters. The van der Waals surface area contributed by atoms with Crippen LogP contribution in [0.2, 0.25) is 0 Å². The lowest BCUT2D eigenvalue weighted by Gasteiger charge is -2.10. The molecule has 1 aliphatic heterocycles. The van der Waals surface area contributed by atoms with Gasteiger partial charge in [-0.1, -0.05) is 30.3 Å². The maximum absolute atomic E-state index is 12.3. The van der Waals surface area contributed by atoms with Crippen molar-refractivity contribution in [1.82, 2.24) is 10.2 Å². The van der Waals surface area contributed by atoms with E-state index < -0.39 is 36.2 Å². The number of esters is 1. The summed E-state index contributed by atoms with van der Waals surface area (Å²) in [5.74, 6) is -2.88. The summed E-state index contributed by atoms with van der Waals surface area (Å²) < 4.78 is 5.00. The number of carbonyl (C=O) groups is 5. The number of fused-ring (bicyclic) bond motifs is 1. The Bertz CT molecular complexity index is 1110. The lowest BCUT2D eigenvalue weighted by Crippen LogP contribution is -2.28. The molecule has 0 saturated carbocycles. The number of carbonyl (C=O) groups excluding carboxylic acids is 5. The van der Waals surface area contributed by atoms with Gasteiger partial charge in [-0.2, -0.15) is 0 Å². The van der Waals surface area contributed by atoms with Crippen molar-refractivity contribution in [3.63, 3.8) is 0 Å². The van der Waals surface area contributed by atoms with E-state index in [9.17, 15) is 24.0 Å². The molecule has 4 amide bonds. The van der Waals surface area contributed by atoms with Gasteiger partial charge in [-0.05, 0) is 29.8 Å². The number of amides is 4. The van der Waals surface area contributed by atoms with E-state index in [1.165, 1.54) is 38.2 Å². The number of nitrogens with zero attached hydrogens (tertiary/aromatic N) is 1. The van der Waals surface area contributed by atoms with Crippen LogP contribution in [0, 0.1) is 0 Å². The van der Waals surface area contributed by atoms with E-state index in [1.807, 2.05) is 0 Å². The van der Waals surface area contributed by atoms with Crippen LogP contribution >= 0.6 is 0 Å². The molecule has 0 unspecified atom stereocenters. The lowest BCUT2D eigenvalue weighted by molar-refractivity contribution is -0.144. The van der Waals surface area contributed by atoms with Gasteiger partial charge in [0, 0.05) is 19.7 Å². The highest BCUT2D eigenvalue weighted by molar-refractivity contribution is 6.21. The molecule has 0 bridgehead atoms. The molecule has 9 nitrogen and oxygen atoms in total. The van der Waals surface area contributed by atoms with Crippen molar-refractivity contribution in [3.8, 4) is 0 Å². The highest BCUT2D eigenvalue weighted by atomic mass is 16.5. The predicted octanol–water partition coefficient (Wildman–Crippen LogP) is 1.57. The molecule has 0 spiro atoms. The van der Waals surface area contributed by atoms with Crippen LogP contribution in [0.25, 0.3) is 6.08 Å². The van der Waals surface area contributed by atoms with Gasteiger partial charge in [-0.25, -0.2) is 4.79 Å². The summed E-state index contributed by atoms with van der Waals surface area (Å²) in [6, 6.07) is 13.1. The topological polar surface area (TPSA) is 122 Å². The molecule has 0 aromatic heterocycles. The van der Waals surface area contributed by atoms with E-state index in [2.05, 4.69) is 10.6 Å². The van der Waals surface area contributed by atoms with E-state index >= 15 is 0 Å². The molecule has 1 aliphatic rings. The monoisotopic (exact) mass is 421 g/mol. The van der Waals surface area contributed by atoms with Crippen molar-refractivity contribution >= 4 is 41.4 Å². The maximum Gasteiger partial charge on any atom is 0.355 e. The number of hydrogen-bond donors (Lipinski definition) is 2. The van der Waals surface area contributed by atoms with Gasteiger partial charge in [-0.3, -0.25) is 24.1 Å². The summed E-state index contributed by atoms with van der Waals surface area (Å²) in [6.07, 6.45) is 1.43. The van der Waals surface area contributed by atoms with Gasteiger partial charge >= 0.3 is 5.97 Å². The second kappa shape index (κ2) is 9.04. The number of imide groups is 1. The van der Waals surface area contributed by atoms with Crippen LogP contribution in [0.1, 0.15) is 33.2 Å². The highest BCUT2D eigenvalue weighted by Crippen LogP contribution is 2.24. The van der Waals surface area contributed by atoms with Gasteiger partial charge in [0.05, 0.1) is 11.1 Å². The summed E-state index contributed by atoms with van der Waals surface area (Å²) in [5.41, 5.74) is 1.26. The van der Waals surface area contributed by atoms with E-state index in [1.54, 1.807) is 30.3 Å². The van der Waals surface area contributed by atoms with Crippen molar-refractivity contribution in [2.45, 2.75) is 6.92 Å². The first-order chi connectivity index (χ1) is 14.8. The van der Waals surface area contributed by atoms with E-state index in [0.29, 0.717) is 5.56 Å². The maximum atomic E-state index is 12.3. The van der Waals surface area contributed by atoms with Crippen molar-refractivity contribution in [2.24, 2.45) is 0 Å². The molecule has 0 saturated heterocycles. The Morgan fingerprint density at radius 1 is 1.00 bits per heavy atom. The number of hydrogen-bond acceptors (Lipinski definition) is 6. The molecular weight excluding hydrogens is 402 g/mol. The quantitative estimate of drug-likeness (QED) is 0.415. The number of benzene rings is 2. The van der Waals surface area contributed by atoms with E-state index in [0.717, 1.165) is 4.90 Å². The van der Waals surface area contributed by atoms with Crippen molar-refractivity contribution in [2.75, 3.05) is 19.0 Å². The summed E-state index contributed by atoms with van der Waals surface area (Å²) in [5, 5.41) is 4.89. The van der Waals surface area contributed by atoms with Crippen molar-refractivity contribution in [1.29, 1.82) is 0 Å². The molecule has 158 valence electrons. The molecule has 3 rings (SSSR count). The summed E-state index contributed by atoms with van der Waals surface area (Å²) in [7, 11) is 1.37. The Kier molecular flexibility index (Phi) is 6.25. The lowest BCUT2D eigenvalue weighted by atomic mass is 10.1. The smallest absolute Gasteiger partial charge is 0.355 e. The van der Waals surface area contributed by atoms with E-state index in [4.69, 9.17) is 4.74 Å². The van der Waals surface area contributed by atoms with Crippen LogP contribution in [-0.4, -0.2) is 48.2 Å². The third-order valence-corrected chi connectivity index (χ3v) is 4.35. The Morgan fingerprint density at radius 3 is 2.35 bits per heavy atom. The average Bonchev–Trinajstić information content (AvgIpc) is 2.96. The van der Waals surface area contributed by atoms with Gasteiger partial charge in [0.25, 0.3) is 17.7 Å². The number of rotatable bonds is 6. The minimum atomic E-state index is -0.884. The fraction of sp³-hybridized carbons (Fsp3) is 0.136. The average molecular weight is 421 g/mol. The Labute approximate surface area is 177 Å². The van der Waals surface area contributed by atoms with Gasteiger partial charge in [0.15, 0.2) is 6.61 Å². The third-order valence-electron chi connectivity index (χ3n) is 4.35. The van der Waals surface area contributed by atoms with Gasteiger partial charge in [-0.15, -0.1) is 0 Å². The first kappa shape index (κ1) is 21.4. The molecule has 9 heteroatoms. The third kappa shape index (κ3) is 5.02. The molecule has 2 N–H and O–H groups in total. The molecular formula is C22H19N3O6. The predicted molar refractivity (Wildman–Crippen MR) is 111 cm³/mol. The second-order valence-corrected chi connectivity index (χ2v) is 6.70. The minimum Gasteiger partial charge on any atom is -0.451 e. The Balaban J connectivity index is 1.64. The summed E-state index contributed by atoms with van der Waals surface area (Å²) >= 11 is 0. The zero-order chi connectivity index (χ0) is 22.5. The number of nitrogens with one attached hydrogen (secondary N) is 2. The molecule has 0 radical (unpaired) electrons. The van der Waals surface area contributed by atoms with Crippen LogP contribution in [0.15, 0.2) is 54.2 Å². The zero-order valence-electron chi connectivity index (χ0n) is 16.8. The molecule has 0 fully saturated rings. The first-order valence-corrected chi connectivity index (χ1v) is 9.24. The molecule has 2 aromatic rings. The van der Waals surface area contributed by atoms with Gasteiger partial charge < -0.3 is 15.4 Å². The normalized spacial score (nSPS) is 13.0. The molecule has 2 aromatic carbocycles. The Hall–Kier alpha value is -4.27.